The summed E-state index contributed by atoms with van der Waals surface area (Å²) >= 11 is 0. The van der Waals surface area contributed by atoms with Crippen LogP contribution in [0, 0.1) is 5.92 Å². The van der Waals surface area contributed by atoms with E-state index in [1.165, 1.54) is 0 Å². The molecule has 0 unspecified atom stereocenters. The minimum absolute atomic E-state index is 0.0885. The molecule has 2 amide bonds. The van der Waals surface area contributed by atoms with Crippen LogP contribution in [0.2, 0.25) is 0 Å². The summed E-state index contributed by atoms with van der Waals surface area (Å²) in [5.74, 6) is 1.61. The number of carbonyl (C=O) groups is 1. The number of rotatable bonds is 4. The van der Waals surface area contributed by atoms with E-state index in [2.05, 4.69) is 20.2 Å². The molecule has 6 nitrogen and oxygen atoms in total. The van der Waals surface area contributed by atoms with Crippen LogP contribution in [0.3, 0.4) is 0 Å². The molecule has 6 heteroatoms. The molecule has 2 aliphatic heterocycles. The summed E-state index contributed by atoms with van der Waals surface area (Å²) in [5, 5.41) is 5.84. The Hall–Kier alpha value is -1.56. The van der Waals surface area contributed by atoms with Gasteiger partial charge in [0.05, 0.1) is 6.10 Å². The second kappa shape index (κ2) is 6.26. The van der Waals surface area contributed by atoms with E-state index in [1.54, 1.807) is 0 Å². The summed E-state index contributed by atoms with van der Waals surface area (Å²) in [6, 6.07) is -0.0885. The maximum Gasteiger partial charge on any atom is 0.314 e. The van der Waals surface area contributed by atoms with Crippen molar-refractivity contribution in [1.29, 1.82) is 0 Å². The highest BCUT2D eigenvalue weighted by atomic mass is 16.5. The third kappa shape index (κ3) is 3.30. The lowest BCUT2D eigenvalue weighted by atomic mass is 9.98. The molecule has 2 N–H and O–H groups in total. The van der Waals surface area contributed by atoms with Gasteiger partial charge in [-0.05, 0) is 25.2 Å². The lowest BCUT2D eigenvalue weighted by Gasteiger charge is -2.23. The standard InChI is InChI=1S/C14H22N4O2/c19-14(17-10-12-2-1-7-20-12)16-9-11-3-5-18-6-4-15-13(18)8-11/h4,6,11-12H,1-3,5,7-10H2,(H2,16,17,19)/t11-,12-/m0/s1. The molecule has 1 saturated heterocycles. The molecular formula is C14H22N4O2. The lowest BCUT2D eigenvalue weighted by Crippen LogP contribution is -2.42. The molecule has 0 bridgehead atoms. The largest absolute Gasteiger partial charge is 0.376 e. The van der Waals surface area contributed by atoms with E-state index in [9.17, 15) is 4.79 Å². The highest BCUT2D eigenvalue weighted by molar-refractivity contribution is 5.73. The molecule has 1 aromatic rings. The number of ether oxygens (including phenoxy) is 1. The van der Waals surface area contributed by atoms with Crippen LogP contribution >= 0.6 is 0 Å². The van der Waals surface area contributed by atoms with Gasteiger partial charge in [0.25, 0.3) is 0 Å². The third-order valence-corrected chi connectivity index (χ3v) is 4.12. The van der Waals surface area contributed by atoms with E-state index < -0.39 is 0 Å². The SMILES string of the molecule is O=C(NC[C@H]1CCn2ccnc2C1)NC[C@@H]1CCCO1. The van der Waals surface area contributed by atoms with Gasteiger partial charge in [-0.2, -0.15) is 0 Å². The molecule has 20 heavy (non-hydrogen) atoms. The number of aryl methyl sites for hydroxylation is 1. The van der Waals surface area contributed by atoms with Gasteiger partial charge in [-0.25, -0.2) is 9.78 Å². The molecule has 3 heterocycles. The van der Waals surface area contributed by atoms with Gasteiger partial charge in [-0.1, -0.05) is 0 Å². The first kappa shape index (κ1) is 13.4. The zero-order valence-electron chi connectivity index (χ0n) is 11.7. The van der Waals surface area contributed by atoms with Crippen molar-refractivity contribution in [2.75, 3.05) is 19.7 Å². The zero-order chi connectivity index (χ0) is 13.8. The Morgan fingerprint density at radius 2 is 2.30 bits per heavy atom. The first-order chi connectivity index (χ1) is 9.81. The summed E-state index contributed by atoms with van der Waals surface area (Å²) in [5.41, 5.74) is 0. The van der Waals surface area contributed by atoms with Crippen molar-refractivity contribution in [3.8, 4) is 0 Å². The summed E-state index contributed by atoms with van der Waals surface area (Å²) in [6.07, 6.45) is 8.25. The monoisotopic (exact) mass is 278 g/mol. The van der Waals surface area contributed by atoms with Gasteiger partial charge in [0.15, 0.2) is 0 Å². The number of nitrogens with one attached hydrogen (secondary N) is 2. The van der Waals surface area contributed by atoms with Crippen molar-refractivity contribution in [1.82, 2.24) is 20.2 Å². The second-order valence-corrected chi connectivity index (χ2v) is 5.62. The molecule has 0 aromatic carbocycles. The van der Waals surface area contributed by atoms with Crippen LogP contribution in [0.25, 0.3) is 0 Å². The number of fused-ring (bicyclic) bond motifs is 1. The molecular weight excluding hydrogens is 256 g/mol. The maximum atomic E-state index is 11.7. The van der Waals surface area contributed by atoms with Crippen molar-refractivity contribution in [2.45, 2.75) is 38.3 Å². The Bertz CT molecular complexity index is 454. The van der Waals surface area contributed by atoms with Crippen LogP contribution in [-0.4, -0.2) is 41.4 Å². The smallest absolute Gasteiger partial charge is 0.314 e. The van der Waals surface area contributed by atoms with Gasteiger partial charge < -0.3 is 19.9 Å². The van der Waals surface area contributed by atoms with Crippen molar-refractivity contribution >= 4 is 6.03 Å². The van der Waals surface area contributed by atoms with E-state index >= 15 is 0 Å². The molecule has 0 aliphatic carbocycles. The van der Waals surface area contributed by atoms with Crippen LogP contribution in [0.1, 0.15) is 25.1 Å². The van der Waals surface area contributed by atoms with Crippen LogP contribution < -0.4 is 10.6 Å². The predicted molar refractivity (Wildman–Crippen MR) is 74.4 cm³/mol. The number of aromatic nitrogens is 2. The number of amides is 2. The number of carbonyl (C=O) groups excluding carboxylic acids is 1. The Morgan fingerprint density at radius 1 is 1.40 bits per heavy atom. The minimum Gasteiger partial charge on any atom is -0.376 e. The Kier molecular flexibility index (Phi) is 4.20. The van der Waals surface area contributed by atoms with Crippen LogP contribution in [0.15, 0.2) is 12.4 Å². The zero-order valence-corrected chi connectivity index (χ0v) is 11.7. The summed E-state index contributed by atoms with van der Waals surface area (Å²) in [4.78, 5) is 16.1. The highest BCUT2D eigenvalue weighted by Gasteiger charge is 2.20. The second-order valence-electron chi connectivity index (χ2n) is 5.62. The molecule has 1 aromatic heterocycles. The quantitative estimate of drug-likeness (QED) is 0.860. The summed E-state index contributed by atoms with van der Waals surface area (Å²) < 4.78 is 7.66. The normalized spacial score (nSPS) is 25.2. The molecule has 110 valence electrons. The Balaban J connectivity index is 1.36. The van der Waals surface area contributed by atoms with Crippen LogP contribution in [-0.2, 0) is 17.7 Å². The summed E-state index contributed by atoms with van der Waals surface area (Å²) in [7, 11) is 0. The van der Waals surface area contributed by atoms with E-state index in [4.69, 9.17) is 4.74 Å². The fraction of sp³-hybridized carbons (Fsp3) is 0.714. The fourth-order valence-corrected chi connectivity index (χ4v) is 2.90. The van der Waals surface area contributed by atoms with E-state index in [-0.39, 0.29) is 12.1 Å². The van der Waals surface area contributed by atoms with E-state index in [1.807, 2.05) is 12.4 Å². The first-order valence-corrected chi connectivity index (χ1v) is 7.44. The fourth-order valence-electron chi connectivity index (χ4n) is 2.90. The number of hydrogen-bond donors (Lipinski definition) is 2. The van der Waals surface area contributed by atoms with Crippen molar-refractivity contribution in [3.05, 3.63) is 18.2 Å². The molecule has 1 fully saturated rings. The van der Waals surface area contributed by atoms with E-state index in [0.717, 1.165) is 44.7 Å². The molecule has 3 rings (SSSR count). The molecule has 0 saturated carbocycles. The van der Waals surface area contributed by atoms with Gasteiger partial charge in [0, 0.05) is 45.1 Å². The van der Waals surface area contributed by atoms with Crippen LogP contribution in [0.4, 0.5) is 4.79 Å². The van der Waals surface area contributed by atoms with Gasteiger partial charge >= 0.3 is 6.03 Å². The van der Waals surface area contributed by atoms with E-state index in [0.29, 0.717) is 19.0 Å². The summed E-state index contributed by atoms with van der Waals surface area (Å²) in [6.45, 7) is 3.15. The average Bonchev–Trinajstić information content (AvgIpc) is 3.13. The van der Waals surface area contributed by atoms with Gasteiger partial charge in [-0.15, -0.1) is 0 Å². The van der Waals surface area contributed by atoms with Gasteiger partial charge in [0.1, 0.15) is 5.82 Å². The number of nitrogens with zero attached hydrogens (tertiary/aromatic N) is 2. The molecule has 0 spiro atoms. The molecule has 2 aliphatic rings. The van der Waals surface area contributed by atoms with Gasteiger partial charge in [-0.3, -0.25) is 0 Å². The highest BCUT2D eigenvalue weighted by Crippen LogP contribution is 2.18. The first-order valence-electron chi connectivity index (χ1n) is 7.44. The predicted octanol–water partition coefficient (Wildman–Crippen LogP) is 0.924. The van der Waals surface area contributed by atoms with Crippen molar-refractivity contribution in [3.63, 3.8) is 0 Å². The van der Waals surface area contributed by atoms with Crippen LogP contribution in [0.5, 0.6) is 0 Å². The number of urea groups is 1. The maximum absolute atomic E-state index is 11.7. The minimum atomic E-state index is -0.0885. The van der Waals surface area contributed by atoms with Crippen molar-refractivity contribution < 1.29 is 9.53 Å². The lowest BCUT2D eigenvalue weighted by molar-refractivity contribution is 0.111. The number of imidazole rings is 1. The average molecular weight is 278 g/mol. The molecule has 2 atom stereocenters. The van der Waals surface area contributed by atoms with Crippen molar-refractivity contribution in [2.24, 2.45) is 5.92 Å². The Labute approximate surface area is 118 Å². The number of hydrogen-bond acceptors (Lipinski definition) is 3. The Morgan fingerprint density at radius 3 is 3.15 bits per heavy atom. The third-order valence-electron chi connectivity index (χ3n) is 4.12. The van der Waals surface area contributed by atoms with Gasteiger partial charge in [0.2, 0.25) is 0 Å². The topological polar surface area (TPSA) is 68.2 Å². The molecule has 0 radical (unpaired) electrons.